The molecule has 2 aliphatic rings. The SMILES string of the molecule is CCC1(Cn2cc(C(=O)N3CCNC(=O)C3CC(C)C)nn2)COC1. The van der Waals surface area contributed by atoms with E-state index in [-0.39, 0.29) is 17.2 Å². The van der Waals surface area contributed by atoms with Crippen LogP contribution in [0.5, 0.6) is 0 Å². The zero-order chi connectivity index (χ0) is 18.0. The Bertz CT molecular complexity index is 632. The third-order valence-electron chi connectivity index (χ3n) is 5.11. The van der Waals surface area contributed by atoms with Gasteiger partial charge in [-0.05, 0) is 18.8 Å². The van der Waals surface area contributed by atoms with Crippen LogP contribution in [0.4, 0.5) is 0 Å². The van der Waals surface area contributed by atoms with E-state index in [4.69, 9.17) is 4.74 Å². The summed E-state index contributed by atoms with van der Waals surface area (Å²) in [7, 11) is 0. The molecule has 8 nitrogen and oxygen atoms in total. The van der Waals surface area contributed by atoms with E-state index < -0.39 is 6.04 Å². The van der Waals surface area contributed by atoms with E-state index in [1.165, 1.54) is 0 Å². The molecule has 1 atom stereocenters. The molecule has 2 fully saturated rings. The molecule has 0 saturated carbocycles. The normalized spacial score (nSPS) is 22.6. The number of amides is 2. The monoisotopic (exact) mass is 349 g/mol. The number of aromatic nitrogens is 3. The number of hydrogen-bond donors (Lipinski definition) is 1. The lowest BCUT2D eigenvalue weighted by molar-refractivity contribution is -0.128. The van der Waals surface area contributed by atoms with Crippen molar-refractivity contribution in [3.63, 3.8) is 0 Å². The summed E-state index contributed by atoms with van der Waals surface area (Å²) in [6.07, 6.45) is 3.33. The van der Waals surface area contributed by atoms with Crippen molar-refractivity contribution >= 4 is 11.8 Å². The van der Waals surface area contributed by atoms with Crippen molar-refractivity contribution in [3.8, 4) is 0 Å². The second-order valence-electron chi connectivity index (χ2n) is 7.58. The Labute approximate surface area is 147 Å². The summed E-state index contributed by atoms with van der Waals surface area (Å²) in [6, 6.07) is -0.437. The fourth-order valence-electron chi connectivity index (χ4n) is 3.40. The molecule has 3 heterocycles. The highest BCUT2D eigenvalue weighted by Gasteiger charge is 2.38. The van der Waals surface area contributed by atoms with Gasteiger partial charge in [0.15, 0.2) is 5.69 Å². The van der Waals surface area contributed by atoms with Crippen LogP contribution in [0, 0.1) is 11.3 Å². The Kier molecular flexibility index (Phi) is 5.08. The lowest BCUT2D eigenvalue weighted by Crippen LogP contribution is -2.57. The molecule has 1 aromatic heterocycles. The van der Waals surface area contributed by atoms with E-state index in [2.05, 4.69) is 22.6 Å². The molecule has 138 valence electrons. The number of piperazine rings is 1. The van der Waals surface area contributed by atoms with Gasteiger partial charge >= 0.3 is 0 Å². The molecule has 0 bridgehead atoms. The summed E-state index contributed by atoms with van der Waals surface area (Å²) < 4.78 is 7.06. The lowest BCUT2D eigenvalue weighted by Gasteiger charge is -2.40. The highest BCUT2D eigenvalue weighted by molar-refractivity contribution is 5.96. The second kappa shape index (κ2) is 7.11. The molecule has 3 rings (SSSR count). The summed E-state index contributed by atoms with van der Waals surface area (Å²) in [5, 5.41) is 11.0. The topological polar surface area (TPSA) is 89.4 Å². The minimum absolute atomic E-state index is 0.0859. The van der Waals surface area contributed by atoms with E-state index in [9.17, 15) is 9.59 Å². The van der Waals surface area contributed by atoms with Crippen LogP contribution >= 0.6 is 0 Å². The van der Waals surface area contributed by atoms with Crippen LogP contribution in [-0.4, -0.2) is 64.1 Å². The van der Waals surface area contributed by atoms with Crippen LogP contribution in [-0.2, 0) is 16.1 Å². The van der Waals surface area contributed by atoms with E-state index in [0.29, 0.717) is 37.7 Å². The van der Waals surface area contributed by atoms with Crippen molar-refractivity contribution < 1.29 is 14.3 Å². The summed E-state index contributed by atoms with van der Waals surface area (Å²) in [4.78, 5) is 26.7. The maximum absolute atomic E-state index is 12.9. The Morgan fingerprint density at radius 2 is 2.24 bits per heavy atom. The molecule has 0 radical (unpaired) electrons. The fourth-order valence-corrected chi connectivity index (χ4v) is 3.40. The van der Waals surface area contributed by atoms with Gasteiger partial charge in [0.05, 0.1) is 26.0 Å². The van der Waals surface area contributed by atoms with Crippen LogP contribution in [0.2, 0.25) is 0 Å². The van der Waals surface area contributed by atoms with Gasteiger partial charge in [-0.15, -0.1) is 5.10 Å². The van der Waals surface area contributed by atoms with E-state index in [0.717, 1.165) is 19.6 Å². The quantitative estimate of drug-likeness (QED) is 0.816. The van der Waals surface area contributed by atoms with E-state index in [1.54, 1.807) is 15.8 Å². The van der Waals surface area contributed by atoms with Crippen LogP contribution < -0.4 is 5.32 Å². The maximum atomic E-state index is 12.9. The molecule has 1 aromatic rings. The lowest BCUT2D eigenvalue weighted by atomic mass is 9.83. The minimum Gasteiger partial charge on any atom is -0.380 e. The number of carbonyl (C=O) groups excluding carboxylic acids is 2. The van der Waals surface area contributed by atoms with Gasteiger partial charge in [-0.2, -0.15) is 0 Å². The van der Waals surface area contributed by atoms with Crippen molar-refractivity contribution in [2.75, 3.05) is 26.3 Å². The number of rotatable bonds is 6. The summed E-state index contributed by atoms with van der Waals surface area (Å²) in [5.41, 5.74) is 0.397. The molecule has 2 aliphatic heterocycles. The van der Waals surface area contributed by atoms with E-state index in [1.807, 2.05) is 13.8 Å². The van der Waals surface area contributed by atoms with Gasteiger partial charge in [0.25, 0.3) is 5.91 Å². The fraction of sp³-hybridized carbons (Fsp3) is 0.765. The molecule has 1 N–H and O–H groups in total. The van der Waals surface area contributed by atoms with Crippen LogP contribution in [0.3, 0.4) is 0 Å². The zero-order valence-electron chi connectivity index (χ0n) is 15.2. The minimum atomic E-state index is -0.437. The number of nitrogens with zero attached hydrogens (tertiary/aromatic N) is 4. The average molecular weight is 349 g/mol. The summed E-state index contributed by atoms with van der Waals surface area (Å²) in [6.45, 7) is 9.33. The van der Waals surface area contributed by atoms with Gasteiger partial charge in [-0.25, -0.2) is 0 Å². The first kappa shape index (κ1) is 17.8. The molecular formula is C17H27N5O3. The molecule has 8 heteroatoms. The van der Waals surface area contributed by atoms with Gasteiger partial charge in [-0.1, -0.05) is 26.0 Å². The van der Waals surface area contributed by atoms with Crippen LogP contribution in [0.1, 0.15) is 44.1 Å². The number of hydrogen-bond acceptors (Lipinski definition) is 5. The highest BCUT2D eigenvalue weighted by atomic mass is 16.5. The zero-order valence-corrected chi connectivity index (χ0v) is 15.2. The van der Waals surface area contributed by atoms with Crippen molar-refractivity contribution in [2.45, 2.75) is 46.2 Å². The van der Waals surface area contributed by atoms with Crippen molar-refractivity contribution in [3.05, 3.63) is 11.9 Å². The third-order valence-corrected chi connectivity index (χ3v) is 5.11. The van der Waals surface area contributed by atoms with Crippen molar-refractivity contribution in [1.29, 1.82) is 0 Å². The second-order valence-corrected chi connectivity index (χ2v) is 7.58. The summed E-state index contributed by atoms with van der Waals surface area (Å²) in [5.74, 6) is 0.0160. The smallest absolute Gasteiger partial charge is 0.276 e. The molecular weight excluding hydrogens is 322 g/mol. The molecule has 2 amide bonds. The van der Waals surface area contributed by atoms with Crippen molar-refractivity contribution in [1.82, 2.24) is 25.2 Å². The Morgan fingerprint density at radius 1 is 1.48 bits per heavy atom. The first-order valence-corrected chi connectivity index (χ1v) is 9.01. The number of carbonyl (C=O) groups is 2. The molecule has 1 unspecified atom stereocenters. The molecule has 25 heavy (non-hydrogen) atoms. The van der Waals surface area contributed by atoms with Crippen molar-refractivity contribution in [2.24, 2.45) is 11.3 Å². The average Bonchev–Trinajstić information content (AvgIpc) is 3.00. The van der Waals surface area contributed by atoms with Gasteiger partial charge in [0.1, 0.15) is 6.04 Å². The Balaban J connectivity index is 1.72. The predicted octanol–water partition coefficient (Wildman–Crippen LogP) is 0.691. The third kappa shape index (κ3) is 3.68. The van der Waals surface area contributed by atoms with E-state index >= 15 is 0 Å². The van der Waals surface area contributed by atoms with Gasteiger partial charge in [-0.3, -0.25) is 14.3 Å². The summed E-state index contributed by atoms with van der Waals surface area (Å²) >= 11 is 0. The van der Waals surface area contributed by atoms with Gasteiger partial charge in [0, 0.05) is 18.5 Å². The first-order chi connectivity index (χ1) is 11.9. The molecule has 0 spiro atoms. The van der Waals surface area contributed by atoms with Gasteiger partial charge in [0.2, 0.25) is 5.91 Å². The van der Waals surface area contributed by atoms with Crippen LogP contribution in [0.25, 0.3) is 0 Å². The number of nitrogens with one attached hydrogen (secondary N) is 1. The highest BCUT2D eigenvalue weighted by Crippen LogP contribution is 2.32. The predicted molar refractivity (Wildman–Crippen MR) is 90.9 cm³/mol. The van der Waals surface area contributed by atoms with Crippen LogP contribution in [0.15, 0.2) is 6.20 Å². The Morgan fingerprint density at radius 3 is 2.84 bits per heavy atom. The standard InChI is InChI=1S/C17H27N5O3/c1-4-17(10-25-11-17)9-21-8-13(19-20-21)16(24)22-6-5-18-15(23)14(22)7-12(2)3/h8,12,14H,4-7,9-11H2,1-3H3,(H,18,23). The molecule has 0 aliphatic carbocycles. The Hall–Kier alpha value is -1.96. The molecule has 2 saturated heterocycles. The number of ether oxygens (including phenoxy) is 1. The van der Waals surface area contributed by atoms with Gasteiger partial charge < -0.3 is 15.0 Å². The maximum Gasteiger partial charge on any atom is 0.276 e. The largest absolute Gasteiger partial charge is 0.380 e. The first-order valence-electron chi connectivity index (χ1n) is 9.01. The molecule has 0 aromatic carbocycles.